The third kappa shape index (κ3) is 3.85. The van der Waals surface area contributed by atoms with Gasteiger partial charge in [-0.2, -0.15) is 0 Å². The molecule has 1 N–H and O–H groups in total. The number of halogens is 2. The topological polar surface area (TPSA) is 62.6 Å². The minimum atomic E-state index is -0.748. The van der Waals surface area contributed by atoms with E-state index in [1.807, 2.05) is 24.3 Å². The van der Waals surface area contributed by atoms with Crippen LogP contribution in [0, 0.1) is 5.41 Å². The zero-order valence-electron chi connectivity index (χ0n) is 18.2. The highest BCUT2D eigenvalue weighted by Gasteiger charge is 2.44. The first-order valence-corrected chi connectivity index (χ1v) is 11.4. The maximum absolute atomic E-state index is 13.8. The van der Waals surface area contributed by atoms with Crippen LogP contribution in [0.1, 0.15) is 48.8 Å². The molecular weight excluding hydrogens is 459 g/mol. The van der Waals surface area contributed by atoms with E-state index in [1.165, 1.54) is 6.26 Å². The van der Waals surface area contributed by atoms with Crippen molar-refractivity contribution in [2.45, 2.75) is 32.7 Å². The summed E-state index contributed by atoms with van der Waals surface area (Å²) in [5, 5.41) is 4.33. The smallest absolute Gasteiger partial charge is 0.294 e. The molecule has 2 heterocycles. The molecule has 0 radical (unpaired) electrons. The largest absolute Gasteiger partial charge is 0.459 e. The lowest BCUT2D eigenvalue weighted by atomic mass is 9.73. The van der Waals surface area contributed by atoms with Crippen molar-refractivity contribution in [1.82, 2.24) is 0 Å². The van der Waals surface area contributed by atoms with E-state index in [-0.39, 0.29) is 22.9 Å². The van der Waals surface area contributed by atoms with Crippen LogP contribution in [-0.2, 0) is 4.79 Å². The highest BCUT2D eigenvalue weighted by atomic mass is 35.5. The number of furan rings is 1. The lowest BCUT2D eigenvalue weighted by Gasteiger charge is -2.37. The number of Topliss-reactive ketones (excluding diaryl/α,β-unsaturated/α-hetero) is 1. The Balaban J connectivity index is 1.82. The molecule has 168 valence electrons. The number of anilines is 2. The first-order valence-electron chi connectivity index (χ1n) is 10.7. The quantitative estimate of drug-likeness (QED) is 0.426. The Kier molecular flexibility index (Phi) is 5.34. The number of fused-ring (bicyclic) bond motifs is 1. The molecule has 1 aliphatic carbocycles. The Labute approximate surface area is 202 Å². The minimum Gasteiger partial charge on any atom is -0.459 e. The van der Waals surface area contributed by atoms with Gasteiger partial charge in [0.05, 0.1) is 23.7 Å². The van der Waals surface area contributed by atoms with E-state index in [4.69, 9.17) is 27.6 Å². The number of hydrogen-bond donors (Lipinski definition) is 1. The van der Waals surface area contributed by atoms with E-state index in [2.05, 4.69) is 19.2 Å². The number of rotatable bonds is 2. The molecule has 1 aliphatic heterocycles. The van der Waals surface area contributed by atoms with Gasteiger partial charge in [0, 0.05) is 27.7 Å². The summed E-state index contributed by atoms with van der Waals surface area (Å²) in [7, 11) is 0. The van der Waals surface area contributed by atoms with Crippen LogP contribution in [0.5, 0.6) is 0 Å². The van der Waals surface area contributed by atoms with Crippen molar-refractivity contribution in [2.24, 2.45) is 5.41 Å². The van der Waals surface area contributed by atoms with Crippen molar-refractivity contribution in [3.8, 4) is 0 Å². The van der Waals surface area contributed by atoms with Crippen LogP contribution in [0.4, 0.5) is 11.4 Å². The molecule has 0 fully saturated rings. The summed E-state index contributed by atoms with van der Waals surface area (Å²) in [6, 6.07) is 15.2. The molecule has 0 spiro atoms. The lowest BCUT2D eigenvalue weighted by molar-refractivity contribution is -0.118. The van der Waals surface area contributed by atoms with Crippen molar-refractivity contribution in [3.05, 3.63) is 93.5 Å². The van der Waals surface area contributed by atoms with Gasteiger partial charge in [0.2, 0.25) is 0 Å². The predicted molar refractivity (Wildman–Crippen MR) is 130 cm³/mol. The lowest BCUT2D eigenvalue weighted by Crippen LogP contribution is -2.39. The molecule has 1 atom stereocenters. The van der Waals surface area contributed by atoms with Gasteiger partial charge < -0.3 is 9.73 Å². The zero-order chi connectivity index (χ0) is 23.3. The maximum Gasteiger partial charge on any atom is 0.294 e. The highest BCUT2D eigenvalue weighted by Crippen LogP contribution is 2.49. The van der Waals surface area contributed by atoms with Gasteiger partial charge in [-0.1, -0.05) is 55.2 Å². The second kappa shape index (κ2) is 8.08. The molecule has 2 aromatic carbocycles. The molecule has 0 saturated carbocycles. The van der Waals surface area contributed by atoms with Crippen LogP contribution in [0.2, 0.25) is 10.0 Å². The molecule has 1 aromatic heterocycles. The van der Waals surface area contributed by atoms with Crippen LogP contribution in [0.25, 0.3) is 0 Å². The number of nitrogens with zero attached hydrogens (tertiary/aromatic N) is 1. The standard InChI is InChI=1S/C26H22Cl2N2O3/c1-26(2)13-19-23(21(31)14-26)24(16-10-9-15(27)12-17(16)28)30(25(32)22-8-5-11-33-22)20-7-4-3-6-18(20)29-19/h3-12,24,29H,13-14H2,1-2H3. The van der Waals surface area contributed by atoms with E-state index in [1.54, 1.807) is 35.2 Å². The molecule has 1 amide bonds. The number of hydrogen-bond acceptors (Lipinski definition) is 4. The summed E-state index contributed by atoms with van der Waals surface area (Å²) in [4.78, 5) is 29.1. The highest BCUT2D eigenvalue weighted by molar-refractivity contribution is 6.35. The maximum atomic E-state index is 13.8. The van der Waals surface area contributed by atoms with Crippen molar-refractivity contribution in [1.29, 1.82) is 0 Å². The van der Waals surface area contributed by atoms with E-state index in [0.29, 0.717) is 39.7 Å². The molecule has 0 bridgehead atoms. The monoisotopic (exact) mass is 480 g/mol. The molecule has 5 nitrogen and oxygen atoms in total. The average molecular weight is 481 g/mol. The average Bonchev–Trinajstić information content (AvgIpc) is 3.23. The first kappa shape index (κ1) is 21.8. The van der Waals surface area contributed by atoms with Gasteiger partial charge in [0.15, 0.2) is 11.5 Å². The summed E-state index contributed by atoms with van der Waals surface area (Å²) in [6.45, 7) is 4.15. The molecule has 33 heavy (non-hydrogen) atoms. The zero-order valence-corrected chi connectivity index (χ0v) is 19.7. The van der Waals surface area contributed by atoms with Gasteiger partial charge in [-0.3, -0.25) is 14.5 Å². The van der Waals surface area contributed by atoms with Gasteiger partial charge >= 0.3 is 0 Å². The van der Waals surface area contributed by atoms with Gasteiger partial charge in [0.1, 0.15) is 0 Å². The molecule has 0 saturated heterocycles. The Morgan fingerprint density at radius 1 is 1.09 bits per heavy atom. The van der Waals surface area contributed by atoms with Crippen molar-refractivity contribution in [2.75, 3.05) is 10.2 Å². The number of carbonyl (C=O) groups excluding carboxylic acids is 2. The summed E-state index contributed by atoms with van der Waals surface area (Å²) in [5.74, 6) is -0.209. The van der Waals surface area contributed by atoms with Crippen molar-refractivity contribution < 1.29 is 14.0 Å². The number of ketones is 1. The van der Waals surface area contributed by atoms with Crippen molar-refractivity contribution >= 4 is 46.3 Å². The van der Waals surface area contributed by atoms with Gasteiger partial charge in [-0.25, -0.2) is 0 Å². The molecular formula is C26H22Cl2N2O3. The van der Waals surface area contributed by atoms with Crippen LogP contribution in [0.15, 0.2) is 76.5 Å². The third-order valence-electron chi connectivity index (χ3n) is 6.11. The van der Waals surface area contributed by atoms with Crippen LogP contribution in [0.3, 0.4) is 0 Å². The number of nitrogens with one attached hydrogen (secondary N) is 1. The fraction of sp³-hybridized carbons (Fsp3) is 0.231. The van der Waals surface area contributed by atoms with Crippen LogP contribution < -0.4 is 10.2 Å². The predicted octanol–water partition coefficient (Wildman–Crippen LogP) is 7.04. The Morgan fingerprint density at radius 3 is 2.61 bits per heavy atom. The van der Waals surface area contributed by atoms with E-state index in [0.717, 1.165) is 11.4 Å². The molecule has 2 aliphatic rings. The van der Waals surface area contributed by atoms with Gasteiger partial charge in [-0.05, 0) is 53.8 Å². The minimum absolute atomic E-state index is 0.0187. The Bertz CT molecular complexity index is 1290. The number of para-hydroxylation sites is 2. The molecule has 3 aromatic rings. The fourth-order valence-corrected chi connectivity index (χ4v) is 5.26. The number of carbonyl (C=O) groups is 2. The molecule has 5 rings (SSSR count). The second-order valence-corrected chi connectivity index (χ2v) is 10.0. The summed E-state index contributed by atoms with van der Waals surface area (Å²) in [6.07, 6.45) is 2.49. The molecule has 7 heteroatoms. The SMILES string of the molecule is CC1(C)CC(=O)C2=C(C1)Nc1ccccc1N(C(=O)c1ccco1)C2c1ccc(Cl)cc1Cl. The summed E-state index contributed by atoms with van der Waals surface area (Å²) >= 11 is 12.9. The summed E-state index contributed by atoms with van der Waals surface area (Å²) < 4.78 is 5.47. The Hall–Kier alpha value is -3.02. The number of benzene rings is 2. The summed E-state index contributed by atoms with van der Waals surface area (Å²) in [5.41, 5.74) is 3.12. The van der Waals surface area contributed by atoms with Crippen LogP contribution >= 0.6 is 23.2 Å². The van der Waals surface area contributed by atoms with Gasteiger partial charge in [0.25, 0.3) is 5.91 Å². The van der Waals surface area contributed by atoms with Crippen LogP contribution in [-0.4, -0.2) is 11.7 Å². The Morgan fingerprint density at radius 2 is 1.88 bits per heavy atom. The van der Waals surface area contributed by atoms with Crippen molar-refractivity contribution in [3.63, 3.8) is 0 Å². The van der Waals surface area contributed by atoms with E-state index >= 15 is 0 Å². The first-order chi connectivity index (χ1) is 15.7. The normalized spacial score (nSPS) is 19.5. The van der Waals surface area contributed by atoms with Gasteiger partial charge in [-0.15, -0.1) is 0 Å². The van der Waals surface area contributed by atoms with E-state index < -0.39 is 6.04 Å². The fourth-order valence-electron chi connectivity index (χ4n) is 4.75. The van der Waals surface area contributed by atoms with E-state index in [9.17, 15) is 9.59 Å². The second-order valence-electron chi connectivity index (χ2n) is 9.20. The number of allylic oxidation sites excluding steroid dienone is 1. The number of amides is 1. The third-order valence-corrected chi connectivity index (χ3v) is 6.67. The molecule has 1 unspecified atom stereocenters.